The second-order valence-corrected chi connectivity index (χ2v) is 3.85. The molecule has 1 heterocycles. The van der Waals surface area contributed by atoms with Gasteiger partial charge in [-0.3, -0.25) is 4.79 Å². The number of carboxylic acid groups (broad SMARTS) is 1. The van der Waals surface area contributed by atoms with E-state index in [2.05, 4.69) is 5.32 Å². The Kier molecular flexibility index (Phi) is 3.90. The summed E-state index contributed by atoms with van der Waals surface area (Å²) in [5.74, 6) is -0.141. The van der Waals surface area contributed by atoms with Crippen LogP contribution >= 0.6 is 0 Å². The Morgan fingerprint density at radius 1 is 1.73 bits per heavy atom. The lowest BCUT2D eigenvalue weighted by molar-refractivity contribution is -0.166. The number of esters is 1. The molecule has 2 unspecified atom stereocenters. The van der Waals surface area contributed by atoms with Crippen LogP contribution in [0.2, 0.25) is 0 Å². The second kappa shape index (κ2) is 4.97. The molecule has 2 N–H and O–H groups in total. The highest BCUT2D eigenvalue weighted by molar-refractivity contribution is 5.74. The zero-order chi connectivity index (χ0) is 11.4. The summed E-state index contributed by atoms with van der Waals surface area (Å²) < 4.78 is 10.1. The average Bonchev–Trinajstić information content (AvgIpc) is 2.41. The molecule has 1 aliphatic rings. The second-order valence-electron chi connectivity index (χ2n) is 3.85. The molecule has 0 aliphatic carbocycles. The highest BCUT2D eigenvalue weighted by Gasteiger charge is 2.36. The van der Waals surface area contributed by atoms with Crippen LogP contribution < -0.4 is 5.32 Å². The molecule has 0 radical (unpaired) electrons. The van der Waals surface area contributed by atoms with Crippen LogP contribution in [0.3, 0.4) is 0 Å². The minimum Gasteiger partial charge on any atom is -0.465 e. The van der Waals surface area contributed by atoms with Crippen molar-refractivity contribution in [1.29, 1.82) is 0 Å². The number of cyclic esters (lactones) is 1. The quantitative estimate of drug-likeness (QED) is 0.672. The molecule has 0 bridgehead atoms. The Bertz CT molecular complexity index is 253. The van der Waals surface area contributed by atoms with E-state index < -0.39 is 24.4 Å². The fraction of sp³-hybridized carbons (Fsp3) is 0.778. The molecular weight excluding hydrogens is 202 g/mol. The van der Waals surface area contributed by atoms with Gasteiger partial charge >= 0.3 is 12.1 Å². The Balaban J connectivity index is 2.45. The van der Waals surface area contributed by atoms with Crippen molar-refractivity contribution in [2.24, 2.45) is 5.92 Å². The Morgan fingerprint density at radius 3 is 2.93 bits per heavy atom. The number of rotatable bonds is 4. The van der Waals surface area contributed by atoms with Gasteiger partial charge in [0.1, 0.15) is 6.04 Å². The van der Waals surface area contributed by atoms with Gasteiger partial charge in [0.15, 0.2) is 0 Å². The molecule has 2 atom stereocenters. The van der Waals surface area contributed by atoms with Crippen molar-refractivity contribution in [3.63, 3.8) is 0 Å². The number of hydrogen-bond donors (Lipinski definition) is 2. The lowest BCUT2D eigenvalue weighted by Gasteiger charge is -2.18. The molecule has 0 aromatic rings. The van der Waals surface area contributed by atoms with Gasteiger partial charge in [0.25, 0.3) is 0 Å². The van der Waals surface area contributed by atoms with Gasteiger partial charge in [-0.05, 0) is 5.92 Å². The zero-order valence-electron chi connectivity index (χ0n) is 8.73. The van der Waals surface area contributed by atoms with Crippen molar-refractivity contribution in [1.82, 2.24) is 5.32 Å². The van der Waals surface area contributed by atoms with Crippen molar-refractivity contribution in [2.45, 2.75) is 32.6 Å². The molecule has 0 saturated carbocycles. The summed E-state index contributed by atoms with van der Waals surface area (Å²) in [6, 6.07) is -0.603. The normalized spacial score (nSPS) is 25.4. The third-order valence-electron chi connectivity index (χ3n) is 1.87. The van der Waals surface area contributed by atoms with E-state index in [4.69, 9.17) is 14.6 Å². The first kappa shape index (κ1) is 11.8. The fourth-order valence-corrected chi connectivity index (χ4v) is 1.25. The highest BCUT2D eigenvalue weighted by atomic mass is 16.7. The summed E-state index contributed by atoms with van der Waals surface area (Å²) in [5, 5.41) is 10.7. The van der Waals surface area contributed by atoms with E-state index in [0.717, 1.165) is 0 Å². The predicted octanol–water partition coefficient (Wildman–Crippen LogP) is 0.568. The summed E-state index contributed by atoms with van der Waals surface area (Å²) in [5.41, 5.74) is 0. The number of carbonyl (C=O) groups is 2. The van der Waals surface area contributed by atoms with Crippen LogP contribution in [0, 0.1) is 5.92 Å². The first-order chi connectivity index (χ1) is 6.99. The predicted molar refractivity (Wildman–Crippen MR) is 50.2 cm³/mol. The summed E-state index contributed by atoms with van der Waals surface area (Å²) in [6.07, 6.45) is -1.96. The molecule has 1 aliphatic heterocycles. The van der Waals surface area contributed by atoms with Crippen LogP contribution in [0.25, 0.3) is 0 Å². The van der Waals surface area contributed by atoms with Crippen molar-refractivity contribution in [2.75, 3.05) is 6.61 Å². The third kappa shape index (κ3) is 3.75. The van der Waals surface area contributed by atoms with Crippen molar-refractivity contribution < 1.29 is 24.2 Å². The van der Waals surface area contributed by atoms with E-state index in [1.165, 1.54) is 0 Å². The van der Waals surface area contributed by atoms with Crippen LogP contribution in [0.1, 0.15) is 20.3 Å². The summed E-state index contributed by atoms with van der Waals surface area (Å²) >= 11 is 0. The van der Waals surface area contributed by atoms with Crippen LogP contribution in [0.15, 0.2) is 0 Å². The number of hydrogen-bond acceptors (Lipinski definition) is 4. The monoisotopic (exact) mass is 217 g/mol. The van der Waals surface area contributed by atoms with Gasteiger partial charge < -0.3 is 19.9 Å². The Hall–Kier alpha value is -1.30. The largest absolute Gasteiger partial charge is 0.465 e. The smallest absolute Gasteiger partial charge is 0.405 e. The summed E-state index contributed by atoms with van der Waals surface area (Å²) in [4.78, 5) is 21.4. The first-order valence-electron chi connectivity index (χ1n) is 4.79. The van der Waals surface area contributed by atoms with Gasteiger partial charge in [-0.15, -0.1) is 0 Å². The van der Waals surface area contributed by atoms with Gasteiger partial charge in [0.05, 0.1) is 13.0 Å². The molecule has 15 heavy (non-hydrogen) atoms. The average molecular weight is 217 g/mol. The standard InChI is InChI=1S/C9H15NO5/c1-5(2)4-14-8-6(10-9(12)13)3-7(11)15-8/h5-6,8,10H,3-4H2,1-2H3,(H,12,13). The molecule has 1 rings (SSSR count). The highest BCUT2D eigenvalue weighted by Crippen LogP contribution is 2.17. The molecule has 1 amide bonds. The molecular formula is C9H15NO5. The van der Waals surface area contributed by atoms with Crippen LogP contribution in [-0.4, -0.2) is 36.1 Å². The summed E-state index contributed by atoms with van der Waals surface area (Å²) in [6.45, 7) is 4.34. The van der Waals surface area contributed by atoms with E-state index in [9.17, 15) is 9.59 Å². The van der Waals surface area contributed by atoms with Gasteiger partial charge in [-0.1, -0.05) is 13.8 Å². The minimum absolute atomic E-state index is 0.0229. The SMILES string of the molecule is CC(C)COC1OC(=O)CC1NC(=O)O. The van der Waals surface area contributed by atoms with Crippen molar-refractivity contribution >= 4 is 12.1 Å². The summed E-state index contributed by atoms with van der Waals surface area (Å²) in [7, 11) is 0. The number of nitrogens with one attached hydrogen (secondary N) is 1. The first-order valence-corrected chi connectivity index (χ1v) is 4.79. The van der Waals surface area contributed by atoms with Crippen LogP contribution in [-0.2, 0) is 14.3 Å². The van der Waals surface area contributed by atoms with Crippen molar-refractivity contribution in [3.05, 3.63) is 0 Å². The van der Waals surface area contributed by atoms with E-state index in [1.807, 2.05) is 13.8 Å². The number of ether oxygens (including phenoxy) is 2. The number of amides is 1. The van der Waals surface area contributed by atoms with E-state index in [1.54, 1.807) is 0 Å². The van der Waals surface area contributed by atoms with Crippen LogP contribution in [0.5, 0.6) is 0 Å². The zero-order valence-corrected chi connectivity index (χ0v) is 8.73. The third-order valence-corrected chi connectivity index (χ3v) is 1.87. The van der Waals surface area contributed by atoms with E-state index in [0.29, 0.717) is 12.5 Å². The lowest BCUT2D eigenvalue weighted by Crippen LogP contribution is -2.41. The molecule has 6 heteroatoms. The topological polar surface area (TPSA) is 84.9 Å². The van der Waals surface area contributed by atoms with Gasteiger partial charge in [-0.25, -0.2) is 4.79 Å². The molecule has 1 fully saturated rings. The molecule has 0 aromatic heterocycles. The van der Waals surface area contributed by atoms with Gasteiger partial charge in [0, 0.05) is 0 Å². The van der Waals surface area contributed by atoms with Gasteiger partial charge in [0.2, 0.25) is 6.29 Å². The molecule has 0 aromatic carbocycles. The molecule has 0 spiro atoms. The maximum atomic E-state index is 11.0. The van der Waals surface area contributed by atoms with Crippen LogP contribution in [0.4, 0.5) is 4.79 Å². The van der Waals surface area contributed by atoms with E-state index >= 15 is 0 Å². The maximum absolute atomic E-state index is 11.0. The molecule has 6 nitrogen and oxygen atoms in total. The number of carbonyl (C=O) groups excluding carboxylic acids is 1. The lowest BCUT2D eigenvalue weighted by atomic mass is 10.2. The van der Waals surface area contributed by atoms with E-state index in [-0.39, 0.29) is 6.42 Å². The minimum atomic E-state index is -1.18. The van der Waals surface area contributed by atoms with Crippen molar-refractivity contribution in [3.8, 4) is 0 Å². The van der Waals surface area contributed by atoms with Gasteiger partial charge in [-0.2, -0.15) is 0 Å². The maximum Gasteiger partial charge on any atom is 0.405 e. The molecule has 86 valence electrons. The fourth-order valence-electron chi connectivity index (χ4n) is 1.25. The molecule has 1 saturated heterocycles. The Labute approximate surface area is 87.5 Å². The Morgan fingerprint density at radius 2 is 2.40 bits per heavy atom.